The van der Waals surface area contributed by atoms with Crippen LogP contribution >= 0.6 is 43.0 Å². The van der Waals surface area contributed by atoms with E-state index in [9.17, 15) is 86.4 Å². The fraction of sp³-hybridized carbons (Fsp3) is 0.333. The Morgan fingerprint density at radius 1 is 0.457 bits per heavy atom. The molecule has 0 spiro atoms. The van der Waals surface area contributed by atoms with Gasteiger partial charge in [-0.15, -0.1) is 0 Å². The summed E-state index contributed by atoms with van der Waals surface area (Å²) in [6, 6.07) is 12.7. The second-order valence-electron chi connectivity index (χ2n) is 8.40. The Morgan fingerprint density at radius 3 is 0.957 bits per heavy atom. The molecule has 2 saturated heterocycles. The molecule has 0 unspecified atom stereocenters. The van der Waals surface area contributed by atoms with Crippen LogP contribution in [0.1, 0.15) is 0 Å². The fourth-order valence-corrected chi connectivity index (χ4v) is 21.4. The standard InChI is InChI=1S/C15H10F6INO4S2.C3F6INO4S2/c16-13(17)14(18,19)28(24,25)23(29(26,27)15(13,20)21)22(11-7-3-1-4-8-11)12-9-5-2-6-10-12;4-1(5)2(6,7)16(12,13)11(10)17(14,15)3(1,8)9/h1-10H;. The molecular formula is C18H10F12I2N2O8S4. The summed E-state index contributed by atoms with van der Waals surface area (Å²) < 4.78 is 250. The summed E-state index contributed by atoms with van der Waals surface area (Å²) in [5.41, 5.74) is 0. The topological polar surface area (TPSA) is 143 Å². The maximum absolute atomic E-state index is 14.1. The monoisotopic (exact) mass is 992 g/mol. The third-order valence-corrected chi connectivity index (χ3v) is 25.7. The first-order valence-corrected chi connectivity index (χ1v) is 20.5. The van der Waals surface area contributed by atoms with E-state index >= 15 is 0 Å². The summed E-state index contributed by atoms with van der Waals surface area (Å²) in [5, 5.41) is -25.2. The minimum atomic E-state index is -6.73. The number of halogens is 14. The van der Waals surface area contributed by atoms with Crippen molar-refractivity contribution in [3.63, 3.8) is 0 Å². The second-order valence-corrected chi connectivity index (χ2v) is 24.7. The van der Waals surface area contributed by atoms with Crippen LogP contribution in [0.15, 0.2) is 60.7 Å². The SMILES string of the molecule is O=S1(=O)N(I(c2ccccc2)c2ccccc2)S(=O)(=O)C(F)(F)C(F)(F)C1(F)F.O=S1(=O)N(I)S(=O)(=O)C(F)(F)C(F)(F)C1(F)F. The Bertz CT molecular complexity index is 1820. The molecule has 4 rings (SSSR count). The van der Waals surface area contributed by atoms with Crippen molar-refractivity contribution in [2.45, 2.75) is 32.9 Å². The van der Waals surface area contributed by atoms with Crippen LogP contribution in [0, 0.1) is 7.14 Å². The van der Waals surface area contributed by atoms with Crippen molar-refractivity contribution >= 4 is 83.1 Å². The van der Waals surface area contributed by atoms with Crippen LogP contribution in [0.3, 0.4) is 0 Å². The van der Waals surface area contributed by atoms with E-state index in [-0.39, 0.29) is 30.0 Å². The third-order valence-electron chi connectivity index (χ3n) is 5.53. The molecule has 10 nitrogen and oxygen atoms in total. The number of alkyl halides is 12. The zero-order chi connectivity index (χ0) is 36.0. The van der Waals surface area contributed by atoms with Gasteiger partial charge in [0, 0.05) is 0 Å². The predicted molar refractivity (Wildman–Crippen MR) is 147 cm³/mol. The van der Waals surface area contributed by atoms with Crippen LogP contribution in [0.4, 0.5) is 52.7 Å². The number of hydrogen-bond donors (Lipinski definition) is 0. The van der Waals surface area contributed by atoms with Crippen LogP contribution in [0.25, 0.3) is 0 Å². The van der Waals surface area contributed by atoms with Gasteiger partial charge in [0.1, 0.15) is 0 Å². The Kier molecular flexibility index (Phi) is 9.73. The van der Waals surface area contributed by atoms with E-state index in [1.807, 2.05) is 0 Å². The van der Waals surface area contributed by atoms with E-state index in [0.717, 1.165) is 24.3 Å². The van der Waals surface area contributed by atoms with Crippen LogP contribution < -0.4 is 0 Å². The van der Waals surface area contributed by atoms with Crippen molar-refractivity contribution in [3.8, 4) is 0 Å². The Morgan fingerprint density at radius 2 is 0.696 bits per heavy atom. The minimum Gasteiger partial charge on any atom is -0.204 e. The largest absolute Gasteiger partial charge is 0.430 e. The molecule has 2 heterocycles. The van der Waals surface area contributed by atoms with Gasteiger partial charge in [0.2, 0.25) is 0 Å². The maximum Gasteiger partial charge on any atom is 0.430 e. The molecule has 2 aromatic rings. The summed E-state index contributed by atoms with van der Waals surface area (Å²) in [4.78, 5) is 0. The Labute approximate surface area is 272 Å². The molecule has 0 bridgehead atoms. The van der Waals surface area contributed by atoms with Crippen LogP contribution in [-0.2, 0) is 40.1 Å². The summed E-state index contributed by atoms with van der Waals surface area (Å²) in [5.74, 6) is -13.2. The van der Waals surface area contributed by atoms with E-state index in [1.165, 1.54) is 36.4 Å². The molecule has 2 aliphatic heterocycles. The van der Waals surface area contributed by atoms with Crippen molar-refractivity contribution < 1.29 is 86.4 Å². The molecule has 0 aliphatic carbocycles. The molecule has 0 amide bonds. The molecule has 2 aromatic carbocycles. The zero-order valence-corrected chi connectivity index (χ0v) is 28.4. The molecule has 0 saturated carbocycles. The number of rotatable bonds is 3. The first-order valence-electron chi connectivity index (χ1n) is 10.7. The summed E-state index contributed by atoms with van der Waals surface area (Å²) in [6.45, 7) is 0. The molecule has 2 aliphatic rings. The molecule has 0 aromatic heterocycles. The van der Waals surface area contributed by atoms with Crippen molar-refractivity contribution in [1.82, 2.24) is 3.85 Å². The average Bonchev–Trinajstić information content (AvgIpc) is 2.94. The van der Waals surface area contributed by atoms with E-state index in [4.69, 9.17) is 0 Å². The minimum absolute atomic E-state index is 0.0735. The van der Waals surface area contributed by atoms with Gasteiger partial charge in [0.15, 0.2) is 0 Å². The fourth-order valence-electron chi connectivity index (χ4n) is 3.14. The maximum atomic E-state index is 14.1. The molecule has 46 heavy (non-hydrogen) atoms. The van der Waals surface area contributed by atoms with Crippen LogP contribution in [0.5, 0.6) is 0 Å². The molecule has 0 N–H and O–H groups in total. The van der Waals surface area contributed by atoms with Crippen LogP contribution in [0.2, 0.25) is 0 Å². The molecule has 0 atom stereocenters. The van der Waals surface area contributed by atoms with Gasteiger partial charge in [-0.05, 0) is 1.92 Å². The second kappa shape index (κ2) is 11.4. The predicted octanol–water partition coefficient (Wildman–Crippen LogP) is 5.08. The van der Waals surface area contributed by atoms with Crippen molar-refractivity contribution in [2.24, 2.45) is 0 Å². The summed E-state index contributed by atoms with van der Waals surface area (Å²) in [6.07, 6.45) is 0. The molecule has 28 heteroatoms. The molecular weight excluding hydrogens is 982 g/mol. The number of benzene rings is 2. The van der Waals surface area contributed by atoms with Gasteiger partial charge < -0.3 is 0 Å². The van der Waals surface area contributed by atoms with Crippen molar-refractivity contribution in [1.29, 1.82) is 0 Å². The quantitative estimate of drug-likeness (QED) is 0.236. The summed E-state index contributed by atoms with van der Waals surface area (Å²) in [7, 11) is -26.4. The Hall–Kier alpha value is -1.22. The first kappa shape index (κ1) is 39.2. The zero-order valence-electron chi connectivity index (χ0n) is 20.9. The van der Waals surface area contributed by atoms with Gasteiger partial charge in [-0.2, -0.15) is 26.3 Å². The number of nitrogens with zero attached hydrogens (tertiary/aromatic N) is 2. The van der Waals surface area contributed by atoms with Gasteiger partial charge >= 0.3 is 206 Å². The van der Waals surface area contributed by atoms with Gasteiger partial charge in [-0.3, -0.25) is 0 Å². The van der Waals surface area contributed by atoms with E-state index < -0.39 is 96.9 Å². The van der Waals surface area contributed by atoms with Gasteiger partial charge in [-0.25, -0.2) is 16.8 Å². The Balaban J connectivity index is 0.000000289. The molecule has 262 valence electrons. The average molecular weight is 992 g/mol. The third kappa shape index (κ3) is 4.95. The normalized spacial score (nSPS) is 27.7. The van der Waals surface area contributed by atoms with Gasteiger partial charge in [-0.1, -0.05) is 0 Å². The first-order chi connectivity index (χ1) is 20.4. The van der Waals surface area contributed by atoms with E-state index in [0.29, 0.717) is 0 Å². The van der Waals surface area contributed by atoms with E-state index in [2.05, 4.69) is 0 Å². The summed E-state index contributed by atoms with van der Waals surface area (Å²) >= 11 is -4.31. The smallest absolute Gasteiger partial charge is 0.204 e. The molecule has 2 fully saturated rings. The van der Waals surface area contributed by atoms with E-state index in [1.54, 1.807) is 0 Å². The van der Waals surface area contributed by atoms with Gasteiger partial charge in [0.25, 0.3) is 0 Å². The number of sulfonamides is 4. The van der Waals surface area contributed by atoms with Crippen molar-refractivity contribution in [2.75, 3.05) is 0 Å². The van der Waals surface area contributed by atoms with Crippen LogP contribution in [-0.4, -0.2) is 70.4 Å². The number of hydrogen-bond acceptors (Lipinski definition) is 8. The van der Waals surface area contributed by atoms with Gasteiger partial charge in [0.05, 0.1) is 22.9 Å². The molecule has 0 radical (unpaired) electrons. The van der Waals surface area contributed by atoms with Crippen molar-refractivity contribution in [3.05, 3.63) is 67.8 Å².